The van der Waals surface area contributed by atoms with Crippen LogP contribution in [0.15, 0.2) is 30.5 Å². The third-order valence-corrected chi connectivity index (χ3v) is 18.2. The van der Waals surface area contributed by atoms with Crippen LogP contribution in [0.3, 0.4) is 0 Å². The molecule has 1 aliphatic heterocycles. The summed E-state index contributed by atoms with van der Waals surface area (Å²) in [6, 6.07) is -3.28. The fourth-order valence-electron chi connectivity index (χ4n) is 12.5. The number of aromatic nitrogens is 1. The Morgan fingerprint density at radius 2 is 0.837 bits per heavy atom. The van der Waals surface area contributed by atoms with Crippen LogP contribution in [0.25, 0.3) is 10.9 Å². The monoisotopic (exact) mass is 1290 g/mol. The summed E-state index contributed by atoms with van der Waals surface area (Å²) < 4.78 is 0. The quantitative estimate of drug-likeness (QED) is 0.205. The van der Waals surface area contributed by atoms with E-state index in [4.69, 9.17) is 0 Å². The number of amides is 12. The predicted octanol–water partition coefficient (Wildman–Crippen LogP) is 3.20. The van der Waals surface area contributed by atoms with Crippen molar-refractivity contribution in [2.45, 2.75) is 184 Å². The summed E-state index contributed by atoms with van der Waals surface area (Å²) in [6.07, 6.45) is 2.49. The third-order valence-electron chi connectivity index (χ3n) is 18.2. The van der Waals surface area contributed by atoms with E-state index in [2.05, 4.69) is 26.3 Å². The van der Waals surface area contributed by atoms with Crippen LogP contribution in [0.2, 0.25) is 0 Å². The molecule has 0 aliphatic carbocycles. The predicted molar refractivity (Wildman–Crippen MR) is 353 cm³/mol. The number of carbonyl (C=O) groups excluding carboxylic acids is 12. The molecule has 0 saturated carbocycles. The van der Waals surface area contributed by atoms with Crippen molar-refractivity contribution in [2.75, 3.05) is 76.0 Å². The van der Waals surface area contributed by atoms with Crippen LogP contribution in [0, 0.1) is 47.3 Å². The van der Waals surface area contributed by atoms with Crippen LogP contribution >= 0.6 is 0 Å². The number of nitrogens with zero attached hydrogens (tertiary/aromatic N) is 8. The van der Waals surface area contributed by atoms with E-state index in [0.717, 1.165) is 15.8 Å². The van der Waals surface area contributed by atoms with Crippen molar-refractivity contribution < 1.29 is 57.5 Å². The van der Waals surface area contributed by atoms with Gasteiger partial charge < -0.3 is 65.5 Å². The van der Waals surface area contributed by atoms with E-state index in [1.165, 1.54) is 90.7 Å². The van der Waals surface area contributed by atoms with E-state index in [0.29, 0.717) is 18.4 Å². The zero-order chi connectivity index (χ0) is 70.4. The molecule has 0 radical (unpaired) electrons. The van der Waals surface area contributed by atoms with Gasteiger partial charge in [0.1, 0.15) is 54.4 Å². The van der Waals surface area contributed by atoms with Crippen molar-refractivity contribution in [3.8, 4) is 0 Å². The molecule has 1 aromatic heterocycles. The van der Waals surface area contributed by atoms with Crippen molar-refractivity contribution in [1.29, 1.82) is 0 Å². The highest BCUT2D eigenvalue weighted by molar-refractivity contribution is 6.00. The molecule has 1 fully saturated rings. The van der Waals surface area contributed by atoms with Gasteiger partial charge >= 0.3 is 0 Å². The lowest BCUT2D eigenvalue weighted by Crippen LogP contribution is -2.63. The summed E-state index contributed by atoms with van der Waals surface area (Å²) in [5.41, 5.74) is 1.44. The molecular weight excluding hydrogens is 1180 g/mol. The molecule has 11 atom stereocenters. The lowest BCUT2D eigenvalue weighted by atomic mass is 9.92. The SMILES string of the molecule is CC[C@H](C)[C@@H]1NC(=O)[C@@H]([C@@H](C)CC)N(C)C(=O)[C@H](Cc2c[nH]c3ccccc23)NC(=O)CN(C)C(=O)[C@H](C(C)C)N(C)C(=O)[C@@H](C(C)C)NC(=O)CNC(=O)[C@H](C(C)C)N(C)C(=O)[C@H](C(C)C)N(C)C(=O)CN(C)C(=O)[C@H](C(C)C)N(C)C(=O)[C@@H](C(C)C)N(C)C1=O. The summed E-state index contributed by atoms with van der Waals surface area (Å²) in [4.78, 5) is 189. The first-order valence-electron chi connectivity index (χ1n) is 32.5. The Kier molecular flexibility index (Phi) is 29.4. The zero-order valence-electron chi connectivity index (χ0n) is 59.4. The molecule has 1 aromatic carbocycles. The third kappa shape index (κ3) is 19.0. The molecule has 1 aliphatic rings. The second-order valence-electron chi connectivity index (χ2n) is 27.5. The molecule has 516 valence electrons. The first-order chi connectivity index (χ1) is 42.7. The lowest BCUT2D eigenvalue weighted by Gasteiger charge is -2.41. The number of para-hydroxylation sites is 1. The number of aromatic amines is 1. The number of benzene rings is 1. The first-order valence-corrected chi connectivity index (χ1v) is 32.5. The first kappa shape index (κ1) is 78.6. The minimum absolute atomic E-state index is 0.0517. The van der Waals surface area contributed by atoms with Crippen molar-refractivity contribution >= 4 is 81.8 Å². The fourth-order valence-corrected chi connectivity index (χ4v) is 12.5. The number of rotatable bonds is 12. The maximum Gasteiger partial charge on any atom is 0.246 e. The molecule has 1 saturated heterocycles. The zero-order valence-corrected chi connectivity index (χ0v) is 59.4. The van der Waals surface area contributed by atoms with Gasteiger partial charge in [-0.1, -0.05) is 142 Å². The summed E-state index contributed by atoms with van der Waals surface area (Å²) in [5.74, 6) is -11.8. The molecule has 0 spiro atoms. The Bertz CT molecular complexity index is 2940. The van der Waals surface area contributed by atoms with E-state index in [9.17, 15) is 38.4 Å². The van der Waals surface area contributed by atoms with Gasteiger partial charge in [-0.2, -0.15) is 0 Å². The number of carbonyl (C=O) groups is 12. The largest absolute Gasteiger partial charge is 0.361 e. The van der Waals surface area contributed by atoms with E-state index < -0.39 is 192 Å². The maximum atomic E-state index is 15.3. The Morgan fingerprint density at radius 3 is 1.32 bits per heavy atom. The summed E-state index contributed by atoms with van der Waals surface area (Å²) >= 11 is 0. The second-order valence-corrected chi connectivity index (χ2v) is 27.5. The van der Waals surface area contributed by atoms with E-state index in [1.807, 2.05) is 38.1 Å². The van der Waals surface area contributed by atoms with Gasteiger partial charge in [0, 0.05) is 79.9 Å². The smallest absolute Gasteiger partial charge is 0.246 e. The minimum atomic E-state index is -1.32. The van der Waals surface area contributed by atoms with E-state index in [1.54, 1.807) is 103 Å². The van der Waals surface area contributed by atoms with Crippen molar-refractivity contribution in [3.63, 3.8) is 0 Å². The van der Waals surface area contributed by atoms with Gasteiger partial charge in [0.25, 0.3) is 0 Å². The summed E-state index contributed by atoms with van der Waals surface area (Å²) in [6.45, 7) is 26.4. The van der Waals surface area contributed by atoms with Gasteiger partial charge in [0.05, 0.1) is 19.6 Å². The number of nitrogens with one attached hydrogen (secondary N) is 5. The van der Waals surface area contributed by atoms with Crippen LogP contribution in [0.5, 0.6) is 0 Å². The molecule has 12 amide bonds. The maximum absolute atomic E-state index is 15.3. The highest BCUT2D eigenvalue weighted by atomic mass is 16.2. The van der Waals surface area contributed by atoms with Gasteiger partial charge in [-0.05, 0) is 59.0 Å². The molecular formula is C67H111N13O12. The van der Waals surface area contributed by atoms with Crippen LogP contribution in [0.4, 0.5) is 0 Å². The van der Waals surface area contributed by atoms with Gasteiger partial charge in [-0.3, -0.25) is 57.5 Å². The van der Waals surface area contributed by atoms with Crippen LogP contribution in [0.1, 0.15) is 129 Å². The summed E-state index contributed by atoms with van der Waals surface area (Å²) in [7, 11) is 11.5. The molecule has 2 aromatic rings. The highest BCUT2D eigenvalue weighted by Crippen LogP contribution is 2.26. The minimum Gasteiger partial charge on any atom is -0.361 e. The Labute approximate surface area is 546 Å². The van der Waals surface area contributed by atoms with Crippen LogP contribution in [-0.2, 0) is 64.0 Å². The number of likely N-dealkylation sites (N-methyl/N-ethyl adjacent to an activating group) is 8. The van der Waals surface area contributed by atoms with Crippen LogP contribution < -0.4 is 21.3 Å². The molecule has 25 heteroatoms. The number of hydrogen-bond acceptors (Lipinski definition) is 12. The second kappa shape index (κ2) is 34.3. The standard InChI is InChI=1S/C67H111N13O12/c1-25-42(15)52-63(88)78(22)57(41(13)14)67(92)79(23)55(39(9)10)65(90)74(18)35-50(83)75(19)56(40(11)12)66(91)76(20)53(37(5)6)59(84)69-33-48(81)71-51(36(3)4)62(87)77(21)54(38(7)8)64(89)73(17)34-49(82)70-47(31-44-32-68-46-30-28-27-29-45(44)46)61(86)80(24)58(43(16)26-2)60(85)72-52/h27-30,32,36-43,47,51-58,68H,25-26,31,33-35H2,1-24H3,(H,69,84)(H,70,82)(H,71,81)(H,72,85)/t42-,43-,47-,51+,52-,53-,54-,55-,56-,57+,58+/m0/s1. The van der Waals surface area contributed by atoms with Gasteiger partial charge in [0.2, 0.25) is 70.9 Å². The normalized spacial score (nSPS) is 25.3. The van der Waals surface area contributed by atoms with Crippen molar-refractivity contribution in [2.24, 2.45) is 47.3 Å². The lowest BCUT2D eigenvalue weighted by molar-refractivity contribution is -0.155. The number of H-pyrrole nitrogens is 1. The van der Waals surface area contributed by atoms with Crippen molar-refractivity contribution in [3.05, 3.63) is 36.0 Å². The molecule has 5 N–H and O–H groups in total. The van der Waals surface area contributed by atoms with E-state index >= 15 is 19.2 Å². The highest BCUT2D eigenvalue weighted by Gasteiger charge is 2.45. The average molecular weight is 1290 g/mol. The molecule has 92 heavy (non-hydrogen) atoms. The number of fused-ring (bicyclic) bond motifs is 1. The fraction of sp³-hybridized carbons (Fsp3) is 0.701. The molecule has 25 nitrogen and oxygen atoms in total. The Balaban J connectivity index is 2.29. The van der Waals surface area contributed by atoms with Crippen molar-refractivity contribution in [1.82, 2.24) is 65.5 Å². The molecule has 0 unspecified atom stereocenters. The Hall–Kier alpha value is -7.60. The molecule has 2 heterocycles. The Morgan fingerprint density at radius 1 is 0.413 bits per heavy atom. The topological polar surface area (TPSA) is 295 Å². The molecule has 0 bridgehead atoms. The average Bonchev–Trinajstić information content (AvgIpc) is 0.950. The van der Waals surface area contributed by atoms with Gasteiger partial charge in [-0.25, -0.2) is 0 Å². The van der Waals surface area contributed by atoms with Gasteiger partial charge in [0.15, 0.2) is 0 Å². The van der Waals surface area contributed by atoms with Gasteiger partial charge in [-0.15, -0.1) is 0 Å². The number of hydrogen-bond donors (Lipinski definition) is 5. The van der Waals surface area contributed by atoms with Crippen LogP contribution in [-0.4, -0.2) is 245 Å². The van der Waals surface area contributed by atoms with E-state index in [-0.39, 0.29) is 6.42 Å². The summed E-state index contributed by atoms with van der Waals surface area (Å²) in [5, 5.41) is 12.0. The molecule has 3 rings (SSSR count).